The van der Waals surface area contributed by atoms with E-state index in [0.717, 1.165) is 5.57 Å². The number of hydrogen-bond donors (Lipinski definition) is 1. The molecule has 2 atom stereocenters. The van der Waals surface area contributed by atoms with E-state index in [-0.39, 0.29) is 17.2 Å². The van der Waals surface area contributed by atoms with Gasteiger partial charge >= 0.3 is 0 Å². The standard InChI is InChI=1S/C15H26N2O3/c1-10(2)9-20-8-7-17-11(3)13(18)16-12(14(17)19)15(4,5)6/h11-12H,1,7-9H2,2-6H3,(H,16,18). The van der Waals surface area contributed by atoms with Crippen LogP contribution in [0.3, 0.4) is 0 Å². The predicted molar refractivity (Wildman–Crippen MR) is 78.2 cm³/mol. The third-order valence-electron chi connectivity index (χ3n) is 3.35. The van der Waals surface area contributed by atoms with Crippen molar-refractivity contribution in [3.63, 3.8) is 0 Å². The van der Waals surface area contributed by atoms with Gasteiger partial charge in [0.2, 0.25) is 11.8 Å². The first kappa shape index (κ1) is 16.7. The number of piperazine rings is 1. The van der Waals surface area contributed by atoms with Gasteiger partial charge in [0.05, 0.1) is 13.2 Å². The molecule has 1 aliphatic rings. The molecule has 0 bridgehead atoms. The molecule has 5 nitrogen and oxygen atoms in total. The van der Waals surface area contributed by atoms with Gasteiger partial charge in [0, 0.05) is 6.54 Å². The molecular weight excluding hydrogens is 256 g/mol. The highest BCUT2D eigenvalue weighted by Gasteiger charge is 2.43. The van der Waals surface area contributed by atoms with Gasteiger partial charge in [-0.2, -0.15) is 0 Å². The van der Waals surface area contributed by atoms with Gasteiger partial charge < -0.3 is 15.0 Å². The first-order valence-electron chi connectivity index (χ1n) is 6.97. The van der Waals surface area contributed by atoms with Crippen molar-refractivity contribution in [3.8, 4) is 0 Å². The van der Waals surface area contributed by atoms with Crippen molar-refractivity contribution in [1.29, 1.82) is 0 Å². The Bertz CT molecular complexity index is 398. The Hall–Kier alpha value is -1.36. The average Bonchev–Trinajstić information content (AvgIpc) is 2.31. The molecule has 1 fully saturated rings. The molecule has 1 saturated heterocycles. The van der Waals surface area contributed by atoms with Crippen molar-refractivity contribution in [2.45, 2.75) is 46.7 Å². The van der Waals surface area contributed by atoms with Crippen LogP contribution < -0.4 is 5.32 Å². The van der Waals surface area contributed by atoms with E-state index in [1.54, 1.807) is 11.8 Å². The summed E-state index contributed by atoms with van der Waals surface area (Å²) in [5, 5.41) is 2.81. The third kappa shape index (κ3) is 4.07. The zero-order valence-electron chi connectivity index (χ0n) is 13.2. The first-order valence-corrected chi connectivity index (χ1v) is 6.97. The highest BCUT2D eigenvalue weighted by atomic mass is 16.5. The van der Waals surface area contributed by atoms with Crippen molar-refractivity contribution in [3.05, 3.63) is 12.2 Å². The Labute approximate surface area is 121 Å². The van der Waals surface area contributed by atoms with Crippen LogP contribution in [0.5, 0.6) is 0 Å². The number of carbonyl (C=O) groups is 2. The van der Waals surface area contributed by atoms with Crippen LogP contribution in [0.15, 0.2) is 12.2 Å². The summed E-state index contributed by atoms with van der Waals surface area (Å²) in [5.74, 6) is -0.145. The summed E-state index contributed by atoms with van der Waals surface area (Å²) in [6.07, 6.45) is 0. The molecule has 0 aromatic heterocycles. The minimum absolute atomic E-state index is 0.0384. The summed E-state index contributed by atoms with van der Waals surface area (Å²) in [5.41, 5.74) is 0.636. The minimum atomic E-state index is -0.479. The van der Waals surface area contributed by atoms with E-state index >= 15 is 0 Å². The maximum atomic E-state index is 12.5. The van der Waals surface area contributed by atoms with Crippen molar-refractivity contribution in [2.24, 2.45) is 5.41 Å². The van der Waals surface area contributed by atoms with E-state index in [1.165, 1.54) is 0 Å². The number of nitrogens with zero attached hydrogens (tertiary/aromatic N) is 1. The van der Waals surface area contributed by atoms with Gasteiger partial charge in [0.1, 0.15) is 12.1 Å². The number of rotatable bonds is 5. The molecule has 0 saturated carbocycles. The Kier molecular flexibility index (Phi) is 5.34. The maximum Gasteiger partial charge on any atom is 0.246 e. The predicted octanol–water partition coefficient (Wildman–Crippen LogP) is 1.34. The summed E-state index contributed by atoms with van der Waals surface area (Å²) in [6, 6.07) is -0.929. The molecule has 2 unspecified atom stereocenters. The van der Waals surface area contributed by atoms with Crippen LogP contribution in [0.25, 0.3) is 0 Å². The molecule has 1 rings (SSSR count). The zero-order chi connectivity index (χ0) is 15.5. The summed E-state index contributed by atoms with van der Waals surface area (Å²) in [7, 11) is 0. The van der Waals surface area contributed by atoms with E-state index in [1.807, 2.05) is 27.7 Å². The van der Waals surface area contributed by atoms with Gasteiger partial charge in [-0.3, -0.25) is 9.59 Å². The van der Waals surface area contributed by atoms with Crippen LogP contribution in [0, 0.1) is 5.41 Å². The van der Waals surface area contributed by atoms with Gasteiger partial charge in [-0.05, 0) is 19.3 Å². The van der Waals surface area contributed by atoms with Crippen LogP contribution in [-0.2, 0) is 14.3 Å². The quantitative estimate of drug-likeness (QED) is 0.611. The fourth-order valence-electron chi connectivity index (χ4n) is 2.12. The van der Waals surface area contributed by atoms with Gasteiger partial charge in [-0.25, -0.2) is 0 Å². The minimum Gasteiger partial charge on any atom is -0.375 e. The number of ether oxygens (including phenoxy) is 1. The van der Waals surface area contributed by atoms with Crippen molar-refractivity contribution in [2.75, 3.05) is 19.8 Å². The molecule has 1 aliphatic heterocycles. The van der Waals surface area contributed by atoms with Gasteiger partial charge in [0.15, 0.2) is 0 Å². The smallest absolute Gasteiger partial charge is 0.246 e. The maximum absolute atomic E-state index is 12.5. The molecule has 0 spiro atoms. The normalized spacial score (nSPS) is 23.8. The molecule has 0 aromatic carbocycles. The second-order valence-corrected chi connectivity index (χ2v) is 6.52. The second-order valence-electron chi connectivity index (χ2n) is 6.52. The molecule has 0 aliphatic carbocycles. The van der Waals surface area contributed by atoms with Crippen LogP contribution >= 0.6 is 0 Å². The molecule has 20 heavy (non-hydrogen) atoms. The summed E-state index contributed by atoms with van der Waals surface area (Å²) in [4.78, 5) is 26.1. The molecular formula is C15H26N2O3. The lowest BCUT2D eigenvalue weighted by Gasteiger charge is -2.42. The van der Waals surface area contributed by atoms with Crippen LogP contribution in [0.4, 0.5) is 0 Å². The van der Waals surface area contributed by atoms with Gasteiger partial charge in [0.25, 0.3) is 0 Å². The Morgan fingerprint density at radius 3 is 2.50 bits per heavy atom. The van der Waals surface area contributed by atoms with Crippen molar-refractivity contribution >= 4 is 11.8 Å². The monoisotopic (exact) mass is 282 g/mol. The Morgan fingerprint density at radius 1 is 1.40 bits per heavy atom. The Morgan fingerprint density at radius 2 is 2.00 bits per heavy atom. The topological polar surface area (TPSA) is 58.6 Å². The average molecular weight is 282 g/mol. The number of amides is 2. The van der Waals surface area contributed by atoms with E-state index in [0.29, 0.717) is 19.8 Å². The van der Waals surface area contributed by atoms with Crippen LogP contribution in [-0.4, -0.2) is 48.6 Å². The lowest BCUT2D eigenvalue weighted by molar-refractivity contribution is -0.152. The SMILES string of the molecule is C=C(C)COCCN1C(=O)C(C(C)(C)C)NC(=O)C1C. The number of carbonyl (C=O) groups excluding carboxylic acids is 2. The molecule has 5 heteroatoms. The van der Waals surface area contributed by atoms with Crippen LogP contribution in [0.2, 0.25) is 0 Å². The van der Waals surface area contributed by atoms with E-state index in [4.69, 9.17) is 4.74 Å². The first-order chi connectivity index (χ1) is 9.14. The van der Waals surface area contributed by atoms with Crippen LogP contribution in [0.1, 0.15) is 34.6 Å². The molecule has 2 amide bonds. The van der Waals surface area contributed by atoms with Crippen molar-refractivity contribution < 1.29 is 14.3 Å². The second kappa shape index (κ2) is 6.39. The third-order valence-corrected chi connectivity index (χ3v) is 3.35. The Balaban J connectivity index is 2.68. The molecule has 114 valence electrons. The van der Waals surface area contributed by atoms with E-state index in [2.05, 4.69) is 11.9 Å². The molecule has 0 radical (unpaired) electrons. The fraction of sp³-hybridized carbons (Fsp3) is 0.733. The van der Waals surface area contributed by atoms with Gasteiger partial charge in [-0.15, -0.1) is 0 Å². The molecule has 1 heterocycles. The summed E-state index contributed by atoms with van der Waals surface area (Å²) < 4.78 is 5.43. The molecule has 1 N–H and O–H groups in total. The summed E-state index contributed by atoms with van der Waals surface area (Å²) in [6.45, 7) is 14.5. The molecule has 0 aromatic rings. The lowest BCUT2D eigenvalue weighted by atomic mass is 9.84. The van der Waals surface area contributed by atoms with Gasteiger partial charge in [-0.1, -0.05) is 32.9 Å². The number of nitrogens with one attached hydrogen (secondary N) is 1. The van der Waals surface area contributed by atoms with E-state index in [9.17, 15) is 9.59 Å². The van der Waals surface area contributed by atoms with Crippen molar-refractivity contribution in [1.82, 2.24) is 10.2 Å². The fourth-order valence-corrected chi connectivity index (χ4v) is 2.12. The van der Waals surface area contributed by atoms with E-state index < -0.39 is 12.1 Å². The summed E-state index contributed by atoms with van der Waals surface area (Å²) >= 11 is 0. The zero-order valence-corrected chi connectivity index (χ0v) is 13.2. The lowest BCUT2D eigenvalue weighted by Crippen LogP contribution is -2.66. The highest BCUT2D eigenvalue weighted by molar-refractivity contribution is 5.97. The highest BCUT2D eigenvalue weighted by Crippen LogP contribution is 2.24. The number of hydrogen-bond acceptors (Lipinski definition) is 3. The largest absolute Gasteiger partial charge is 0.375 e.